The predicted molar refractivity (Wildman–Crippen MR) is 112 cm³/mol. The van der Waals surface area contributed by atoms with Crippen molar-refractivity contribution >= 4 is 17.5 Å². The summed E-state index contributed by atoms with van der Waals surface area (Å²) in [5.74, 6) is 0.663. The Kier molecular flexibility index (Phi) is 5.85. The van der Waals surface area contributed by atoms with Gasteiger partial charge in [0, 0.05) is 19.2 Å². The van der Waals surface area contributed by atoms with Gasteiger partial charge in [-0.05, 0) is 31.0 Å². The van der Waals surface area contributed by atoms with Gasteiger partial charge in [-0.15, -0.1) is 0 Å². The molecule has 3 heterocycles. The fourth-order valence-electron chi connectivity index (χ4n) is 3.48. The Morgan fingerprint density at radius 3 is 2.80 bits per heavy atom. The van der Waals surface area contributed by atoms with Gasteiger partial charge in [-0.25, -0.2) is 9.97 Å². The van der Waals surface area contributed by atoms with Crippen molar-refractivity contribution in [2.45, 2.75) is 18.9 Å². The van der Waals surface area contributed by atoms with Crippen LogP contribution in [-0.4, -0.2) is 56.9 Å². The number of methoxy groups -OCH3 is 1. The third kappa shape index (κ3) is 4.38. The molecule has 1 aliphatic rings. The molecule has 156 valence electrons. The van der Waals surface area contributed by atoms with Crippen molar-refractivity contribution in [2.75, 3.05) is 20.2 Å². The van der Waals surface area contributed by atoms with E-state index in [-0.39, 0.29) is 18.0 Å². The Morgan fingerprint density at radius 1 is 1.23 bits per heavy atom. The van der Waals surface area contributed by atoms with Gasteiger partial charge in [0.25, 0.3) is 5.91 Å². The highest BCUT2D eigenvalue weighted by Gasteiger charge is 2.28. The molecule has 30 heavy (non-hydrogen) atoms. The molecule has 1 aliphatic heterocycles. The molecular formula is C21H22ClN5O3. The Labute approximate surface area is 179 Å². The Hall–Kier alpha value is -3.13. The zero-order valence-corrected chi connectivity index (χ0v) is 17.5. The van der Waals surface area contributed by atoms with Gasteiger partial charge in [0.15, 0.2) is 0 Å². The summed E-state index contributed by atoms with van der Waals surface area (Å²) >= 11 is 5.82. The third-order valence-corrected chi connectivity index (χ3v) is 5.19. The van der Waals surface area contributed by atoms with E-state index >= 15 is 0 Å². The van der Waals surface area contributed by atoms with Crippen LogP contribution in [0.25, 0.3) is 11.3 Å². The van der Waals surface area contributed by atoms with Crippen molar-refractivity contribution in [3.63, 3.8) is 0 Å². The number of hydrogen-bond acceptors (Lipinski definition) is 6. The Balaban J connectivity index is 1.48. The number of piperidine rings is 1. The minimum absolute atomic E-state index is 0.0792. The smallest absolute Gasteiger partial charge is 0.316 e. The first-order valence-electron chi connectivity index (χ1n) is 9.65. The fourth-order valence-corrected chi connectivity index (χ4v) is 3.58. The van der Waals surface area contributed by atoms with E-state index in [1.54, 1.807) is 23.7 Å². The average Bonchev–Trinajstić information content (AvgIpc) is 3.17. The van der Waals surface area contributed by atoms with Crippen molar-refractivity contribution in [3.05, 3.63) is 53.4 Å². The number of ether oxygens (including phenoxy) is 2. The molecule has 2 aromatic heterocycles. The van der Waals surface area contributed by atoms with Crippen LogP contribution in [0.1, 0.15) is 23.3 Å². The maximum atomic E-state index is 13.2. The molecule has 1 atom stereocenters. The van der Waals surface area contributed by atoms with Crippen LogP contribution < -0.4 is 9.47 Å². The van der Waals surface area contributed by atoms with Gasteiger partial charge < -0.3 is 14.4 Å². The van der Waals surface area contributed by atoms with E-state index in [0.717, 1.165) is 29.8 Å². The molecule has 1 unspecified atom stereocenters. The summed E-state index contributed by atoms with van der Waals surface area (Å²) < 4.78 is 12.7. The molecule has 8 nitrogen and oxygen atoms in total. The summed E-state index contributed by atoms with van der Waals surface area (Å²) in [5, 5.41) is 4.97. The summed E-state index contributed by atoms with van der Waals surface area (Å²) in [5.41, 5.74) is 2.14. The van der Waals surface area contributed by atoms with E-state index < -0.39 is 0 Å². The summed E-state index contributed by atoms with van der Waals surface area (Å²) in [6.07, 6.45) is 4.48. The number of nitrogens with zero attached hydrogens (tertiary/aromatic N) is 5. The Bertz CT molecular complexity index is 1040. The number of rotatable bonds is 5. The molecule has 0 radical (unpaired) electrons. The first-order chi connectivity index (χ1) is 14.5. The van der Waals surface area contributed by atoms with Gasteiger partial charge in [0.1, 0.15) is 17.5 Å². The number of carbonyl (C=O) groups excluding carboxylic acids is 1. The van der Waals surface area contributed by atoms with Crippen LogP contribution in [0, 0.1) is 0 Å². The Morgan fingerprint density at radius 2 is 2.03 bits per heavy atom. The van der Waals surface area contributed by atoms with Crippen LogP contribution in [0.15, 0.2) is 42.7 Å². The number of aromatic nitrogens is 4. The monoisotopic (exact) mass is 427 g/mol. The van der Waals surface area contributed by atoms with Crippen LogP contribution in [0.4, 0.5) is 0 Å². The highest BCUT2D eigenvalue weighted by Crippen LogP contribution is 2.25. The van der Waals surface area contributed by atoms with Gasteiger partial charge in [0.05, 0.1) is 36.8 Å². The molecular weight excluding hydrogens is 406 g/mol. The van der Waals surface area contributed by atoms with Crippen molar-refractivity contribution in [1.29, 1.82) is 0 Å². The number of carbonyl (C=O) groups is 1. The van der Waals surface area contributed by atoms with Gasteiger partial charge >= 0.3 is 6.01 Å². The van der Waals surface area contributed by atoms with E-state index in [9.17, 15) is 4.79 Å². The maximum absolute atomic E-state index is 13.2. The molecule has 0 saturated carbocycles. The van der Waals surface area contributed by atoms with E-state index in [1.807, 2.05) is 30.3 Å². The first-order valence-corrected chi connectivity index (χ1v) is 10.0. The lowest BCUT2D eigenvalue weighted by Gasteiger charge is -2.32. The second kappa shape index (κ2) is 8.71. The van der Waals surface area contributed by atoms with E-state index in [1.165, 1.54) is 12.4 Å². The van der Waals surface area contributed by atoms with Crippen molar-refractivity contribution in [3.8, 4) is 23.0 Å². The number of amides is 1. The van der Waals surface area contributed by atoms with Crippen LogP contribution in [0.5, 0.6) is 11.8 Å². The quantitative estimate of drug-likeness (QED) is 0.621. The van der Waals surface area contributed by atoms with Gasteiger partial charge in [-0.3, -0.25) is 9.48 Å². The van der Waals surface area contributed by atoms with Gasteiger partial charge in [0.2, 0.25) is 0 Å². The van der Waals surface area contributed by atoms with Crippen LogP contribution in [-0.2, 0) is 7.05 Å². The van der Waals surface area contributed by atoms with Crippen LogP contribution >= 0.6 is 11.6 Å². The first kappa shape index (κ1) is 20.2. The average molecular weight is 428 g/mol. The lowest BCUT2D eigenvalue weighted by molar-refractivity contribution is 0.0506. The molecule has 0 aliphatic carbocycles. The minimum atomic E-state index is -0.171. The van der Waals surface area contributed by atoms with Gasteiger partial charge in [-0.2, -0.15) is 5.10 Å². The molecule has 4 rings (SSSR count). The van der Waals surface area contributed by atoms with E-state index in [2.05, 4.69) is 15.1 Å². The second-order valence-electron chi connectivity index (χ2n) is 7.09. The number of aryl methyl sites for hydroxylation is 1. The van der Waals surface area contributed by atoms with Crippen molar-refractivity contribution in [2.24, 2.45) is 7.05 Å². The number of halogens is 1. The normalized spacial score (nSPS) is 16.4. The number of likely N-dealkylation sites (tertiary alicyclic amines) is 1. The van der Waals surface area contributed by atoms with Crippen molar-refractivity contribution in [1.82, 2.24) is 24.6 Å². The standard InChI is InChI=1S/C21H22ClN5O3/c1-26-19(10-18(25-26)14-5-3-6-16(9-14)29-2)20(28)27-8-4-7-17(13-27)30-21-23-11-15(22)12-24-21/h3,5-6,9-12,17H,4,7-8,13H2,1-2H3. The lowest BCUT2D eigenvalue weighted by Crippen LogP contribution is -2.45. The van der Waals surface area contributed by atoms with E-state index in [0.29, 0.717) is 23.8 Å². The molecule has 0 spiro atoms. The molecule has 1 aromatic carbocycles. The summed E-state index contributed by atoms with van der Waals surface area (Å²) in [4.78, 5) is 23.1. The lowest BCUT2D eigenvalue weighted by atomic mass is 10.1. The summed E-state index contributed by atoms with van der Waals surface area (Å²) in [6.45, 7) is 1.13. The SMILES string of the molecule is COc1cccc(-c2cc(C(=O)N3CCCC(Oc4ncc(Cl)cn4)C3)n(C)n2)c1. The van der Waals surface area contributed by atoms with Gasteiger partial charge in [-0.1, -0.05) is 23.7 Å². The van der Waals surface area contributed by atoms with Crippen molar-refractivity contribution < 1.29 is 14.3 Å². The molecule has 1 fully saturated rings. The highest BCUT2D eigenvalue weighted by molar-refractivity contribution is 6.30. The topological polar surface area (TPSA) is 82.4 Å². The highest BCUT2D eigenvalue weighted by atomic mass is 35.5. The number of hydrogen-bond donors (Lipinski definition) is 0. The largest absolute Gasteiger partial charge is 0.497 e. The molecule has 1 amide bonds. The zero-order valence-electron chi connectivity index (χ0n) is 16.8. The van der Waals surface area contributed by atoms with E-state index in [4.69, 9.17) is 21.1 Å². The minimum Gasteiger partial charge on any atom is -0.497 e. The zero-order chi connectivity index (χ0) is 21.1. The molecule has 9 heteroatoms. The molecule has 0 bridgehead atoms. The molecule has 0 N–H and O–H groups in total. The molecule has 3 aromatic rings. The predicted octanol–water partition coefficient (Wildman–Crippen LogP) is 3.22. The summed E-state index contributed by atoms with van der Waals surface area (Å²) in [6, 6.07) is 9.68. The van der Waals surface area contributed by atoms with Crippen LogP contribution in [0.3, 0.4) is 0 Å². The molecule has 1 saturated heterocycles. The third-order valence-electron chi connectivity index (χ3n) is 5.00. The number of benzene rings is 1. The summed E-state index contributed by atoms with van der Waals surface area (Å²) in [7, 11) is 3.40. The fraction of sp³-hybridized carbons (Fsp3) is 0.333. The maximum Gasteiger partial charge on any atom is 0.316 e. The second-order valence-corrected chi connectivity index (χ2v) is 7.52. The van der Waals surface area contributed by atoms with Crippen LogP contribution in [0.2, 0.25) is 5.02 Å².